The molecule has 0 aromatic heterocycles. The fourth-order valence-corrected chi connectivity index (χ4v) is 2.08. The highest BCUT2D eigenvalue weighted by molar-refractivity contribution is 5.90. The Hall–Kier alpha value is -2.83. The first-order valence-electron chi connectivity index (χ1n) is 7.18. The Bertz CT molecular complexity index is 678. The molecule has 0 aliphatic carbocycles. The van der Waals surface area contributed by atoms with Crippen molar-refractivity contribution in [3.8, 4) is 11.5 Å². The summed E-state index contributed by atoms with van der Waals surface area (Å²) in [6.45, 7) is -2.54. The molecule has 128 valence electrons. The molecule has 7 heteroatoms. The first-order valence-corrected chi connectivity index (χ1v) is 7.18. The van der Waals surface area contributed by atoms with Crippen LogP contribution >= 0.6 is 0 Å². The summed E-state index contributed by atoms with van der Waals surface area (Å²) in [6, 6.07) is 12.9. The molecular formula is C17H18F2N2O3. The number of hydrogen-bond donors (Lipinski definition) is 1. The Kier molecular flexibility index (Phi) is 5.95. The Morgan fingerprint density at radius 1 is 1.17 bits per heavy atom. The number of methoxy groups -OCH3 is 1. The lowest BCUT2D eigenvalue weighted by molar-refractivity contribution is -0.0498. The molecule has 0 unspecified atom stereocenters. The van der Waals surface area contributed by atoms with Crippen molar-refractivity contribution >= 4 is 11.7 Å². The van der Waals surface area contributed by atoms with Crippen LogP contribution < -0.4 is 14.8 Å². The first kappa shape index (κ1) is 17.5. The Labute approximate surface area is 138 Å². The van der Waals surface area contributed by atoms with Gasteiger partial charge in [-0.05, 0) is 29.8 Å². The van der Waals surface area contributed by atoms with E-state index >= 15 is 0 Å². The number of para-hydroxylation sites is 2. The standard InChI is InChI=1S/C17H18F2N2O3/c1-21(11-12-7-9-13(10-8-12)24-16(18)19)17(22)20-14-5-3-4-6-15(14)23-2/h3-10,16H,11H2,1-2H3,(H,20,22). The minimum absolute atomic E-state index is 0.0786. The number of amides is 2. The van der Waals surface area contributed by atoms with Gasteiger partial charge in [0, 0.05) is 13.6 Å². The van der Waals surface area contributed by atoms with Gasteiger partial charge in [0.05, 0.1) is 12.8 Å². The van der Waals surface area contributed by atoms with Crippen molar-refractivity contribution < 1.29 is 23.0 Å². The fourth-order valence-electron chi connectivity index (χ4n) is 2.08. The summed E-state index contributed by atoms with van der Waals surface area (Å²) in [4.78, 5) is 13.7. The van der Waals surface area contributed by atoms with E-state index in [1.807, 2.05) is 0 Å². The van der Waals surface area contributed by atoms with E-state index in [0.717, 1.165) is 5.56 Å². The van der Waals surface area contributed by atoms with Crippen LogP contribution in [0.25, 0.3) is 0 Å². The SMILES string of the molecule is COc1ccccc1NC(=O)N(C)Cc1ccc(OC(F)F)cc1. The largest absolute Gasteiger partial charge is 0.495 e. The second kappa shape index (κ2) is 8.14. The third-order valence-electron chi connectivity index (χ3n) is 3.26. The molecule has 0 heterocycles. The van der Waals surface area contributed by atoms with Crippen molar-refractivity contribution in [2.45, 2.75) is 13.2 Å². The average Bonchev–Trinajstić information content (AvgIpc) is 2.56. The number of carbonyl (C=O) groups excluding carboxylic acids is 1. The number of carbonyl (C=O) groups is 1. The molecule has 2 amide bonds. The lowest BCUT2D eigenvalue weighted by Crippen LogP contribution is -2.30. The van der Waals surface area contributed by atoms with Crippen LogP contribution in [0, 0.1) is 0 Å². The molecule has 0 aliphatic rings. The Morgan fingerprint density at radius 2 is 1.83 bits per heavy atom. The van der Waals surface area contributed by atoms with Gasteiger partial charge >= 0.3 is 12.6 Å². The number of nitrogens with one attached hydrogen (secondary N) is 1. The van der Waals surface area contributed by atoms with Gasteiger partial charge in [-0.2, -0.15) is 8.78 Å². The number of hydrogen-bond acceptors (Lipinski definition) is 3. The third kappa shape index (κ3) is 4.84. The van der Waals surface area contributed by atoms with E-state index in [9.17, 15) is 13.6 Å². The Balaban J connectivity index is 1.96. The minimum atomic E-state index is -2.86. The van der Waals surface area contributed by atoms with Crippen molar-refractivity contribution in [1.82, 2.24) is 4.90 Å². The first-order chi connectivity index (χ1) is 11.5. The van der Waals surface area contributed by atoms with Crippen molar-refractivity contribution in [3.63, 3.8) is 0 Å². The van der Waals surface area contributed by atoms with Crippen molar-refractivity contribution in [1.29, 1.82) is 0 Å². The molecule has 0 saturated carbocycles. The number of urea groups is 1. The van der Waals surface area contributed by atoms with E-state index in [1.54, 1.807) is 43.4 Å². The summed E-state index contributed by atoms with van der Waals surface area (Å²) in [6.07, 6.45) is 0. The fraction of sp³-hybridized carbons (Fsp3) is 0.235. The summed E-state index contributed by atoms with van der Waals surface area (Å²) in [5, 5.41) is 2.76. The van der Waals surface area contributed by atoms with E-state index in [2.05, 4.69) is 10.1 Å². The maximum atomic E-state index is 12.2. The van der Waals surface area contributed by atoms with Gasteiger partial charge in [0.25, 0.3) is 0 Å². The maximum absolute atomic E-state index is 12.2. The molecular weight excluding hydrogens is 318 g/mol. The highest BCUT2D eigenvalue weighted by atomic mass is 19.3. The van der Waals surface area contributed by atoms with Gasteiger partial charge in [-0.15, -0.1) is 0 Å². The molecule has 0 radical (unpaired) electrons. The second-order valence-corrected chi connectivity index (χ2v) is 5.01. The van der Waals surface area contributed by atoms with Crippen molar-refractivity contribution in [3.05, 3.63) is 54.1 Å². The predicted octanol–water partition coefficient (Wildman–Crippen LogP) is 3.96. The summed E-state index contributed by atoms with van der Waals surface area (Å²) < 4.78 is 33.7. The number of halogens is 2. The maximum Gasteiger partial charge on any atom is 0.387 e. The predicted molar refractivity (Wildman–Crippen MR) is 86.6 cm³/mol. The summed E-state index contributed by atoms with van der Waals surface area (Å²) in [5.41, 5.74) is 1.35. The molecule has 2 aromatic carbocycles. The van der Waals surface area contributed by atoms with Crippen LogP contribution in [-0.2, 0) is 6.54 Å². The van der Waals surface area contributed by atoms with Crippen LogP contribution in [0.15, 0.2) is 48.5 Å². The van der Waals surface area contributed by atoms with Crippen LogP contribution in [0.1, 0.15) is 5.56 Å². The summed E-state index contributed by atoms with van der Waals surface area (Å²) >= 11 is 0. The van der Waals surface area contributed by atoms with Gasteiger partial charge < -0.3 is 19.7 Å². The molecule has 2 aromatic rings. The molecule has 0 saturated heterocycles. The Morgan fingerprint density at radius 3 is 2.46 bits per heavy atom. The second-order valence-electron chi connectivity index (χ2n) is 5.01. The lowest BCUT2D eigenvalue weighted by atomic mass is 10.2. The smallest absolute Gasteiger partial charge is 0.387 e. The average molecular weight is 336 g/mol. The monoisotopic (exact) mass is 336 g/mol. The zero-order valence-electron chi connectivity index (χ0n) is 13.3. The summed E-state index contributed by atoms with van der Waals surface area (Å²) in [7, 11) is 3.16. The van der Waals surface area contributed by atoms with E-state index < -0.39 is 6.61 Å². The van der Waals surface area contributed by atoms with Crippen LogP contribution in [0.3, 0.4) is 0 Å². The van der Waals surface area contributed by atoms with Crippen molar-refractivity contribution in [2.24, 2.45) is 0 Å². The summed E-state index contributed by atoms with van der Waals surface area (Å²) in [5.74, 6) is 0.641. The van der Waals surface area contributed by atoms with E-state index in [0.29, 0.717) is 18.0 Å². The van der Waals surface area contributed by atoms with Crippen LogP contribution in [0.4, 0.5) is 19.3 Å². The van der Waals surface area contributed by atoms with Gasteiger partial charge in [0.1, 0.15) is 11.5 Å². The van der Waals surface area contributed by atoms with Gasteiger partial charge in [0.2, 0.25) is 0 Å². The number of alkyl halides is 2. The van der Waals surface area contributed by atoms with Gasteiger partial charge in [0.15, 0.2) is 0 Å². The number of nitrogens with zero attached hydrogens (tertiary/aromatic N) is 1. The topological polar surface area (TPSA) is 50.8 Å². The molecule has 5 nitrogen and oxygen atoms in total. The molecule has 0 spiro atoms. The molecule has 0 aliphatic heterocycles. The highest BCUT2D eigenvalue weighted by Gasteiger charge is 2.12. The molecule has 0 atom stereocenters. The number of benzene rings is 2. The lowest BCUT2D eigenvalue weighted by Gasteiger charge is -2.19. The quantitative estimate of drug-likeness (QED) is 0.869. The van der Waals surface area contributed by atoms with E-state index in [-0.39, 0.29) is 11.8 Å². The van der Waals surface area contributed by atoms with E-state index in [4.69, 9.17) is 4.74 Å². The number of anilines is 1. The minimum Gasteiger partial charge on any atom is -0.495 e. The molecule has 2 rings (SSSR count). The molecule has 1 N–H and O–H groups in total. The highest BCUT2D eigenvalue weighted by Crippen LogP contribution is 2.23. The van der Waals surface area contributed by atoms with Gasteiger partial charge in [-0.3, -0.25) is 0 Å². The zero-order chi connectivity index (χ0) is 17.5. The van der Waals surface area contributed by atoms with Gasteiger partial charge in [-0.1, -0.05) is 24.3 Å². The third-order valence-corrected chi connectivity index (χ3v) is 3.26. The number of ether oxygens (including phenoxy) is 2. The normalized spacial score (nSPS) is 10.4. The number of rotatable bonds is 6. The van der Waals surface area contributed by atoms with E-state index in [1.165, 1.54) is 24.1 Å². The van der Waals surface area contributed by atoms with Crippen LogP contribution in [0.5, 0.6) is 11.5 Å². The zero-order valence-corrected chi connectivity index (χ0v) is 13.3. The molecule has 0 bridgehead atoms. The van der Waals surface area contributed by atoms with Crippen molar-refractivity contribution in [2.75, 3.05) is 19.5 Å². The van der Waals surface area contributed by atoms with Crippen LogP contribution in [-0.4, -0.2) is 31.7 Å². The van der Waals surface area contributed by atoms with Gasteiger partial charge in [-0.25, -0.2) is 4.79 Å². The van der Waals surface area contributed by atoms with Crippen LogP contribution in [0.2, 0.25) is 0 Å². The molecule has 0 fully saturated rings. The molecule has 24 heavy (non-hydrogen) atoms.